The van der Waals surface area contributed by atoms with Crippen LogP contribution in [0.2, 0.25) is 5.02 Å². The molecule has 0 heterocycles. The van der Waals surface area contributed by atoms with Crippen molar-refractivity contribution in [3.05, 3.63) is 64.9 Å². The average Bonchev–Trinajstić information content (AvgIpc) is 3.24. The smallest absolute Gasteiger partial charge is 0.308 e. The third-order valence-corrected chi connectivity index (χ3v) is 6.46. The summed E-state index contributed by atoms with van der Waals surface area (Å²) in [4.78, 5) is 11.4. The van der Waals surface area contributed by atoms with E-state index < -0.39 is 38.7 Å². The highest BCUT2D eigenvalue weighted by atomic mass is 35.5. The summed E-state index contributed by atoms with van der Waals surface area (Å²) in [5.41, 5.74) is 0.375. The van der Waals surface area contributed by atoms with Crippen LogP contribution in [0.15, 0.2) is 53.4 Å². The lowest BCUT2D eigenvalue weighted by molar-refractivity contribution is -0.138. The molecule has 1 saturated carbocycles. The van der Waals surface area contributed by atoms with Gasteiger partial charge in [-0.05, 0) is 42.0 Å². The van der Waals surface area contributed by atoms with Crippen LogP contribution in [0.1, 0.15) is 11.5 Å². The maximum absolute atomic E-state index is 13.4. The molecule has 1 N–H and O–H groups in total. The summed E-state index contributed by atoms with van der Waals surface area (Å²) in [6.45, 7) is 0. The number of halogens is 2. The van der Waals surface area contributed by atoms with Gasteiger partial charge in [-0.1, -0.05) is 23.7 Å². The number of hydrogen-bond donors (Lipinski definition) is 1. The van der Waals surface area contributed by atoms with Crippen LogP contribution in [0.25, 0.3) is 0 Å². The first kappa shape index (κ1) is 16.0. The molecule has 1 fully saturated rings. The van der Waals surface area contributed by atoms with Crippen molar-refractivity contribution < 1.29 is 22.7 Å². The Balaban J connectivity index is 2.00. The van der Waals surface area contributed by atoms with E-state index in [0.29, 0.717) is 10.6 Å². The number of sulfone groups is 1. The molecular formula is C16H12ClFO4S. The van der Waals surface area contributed by atoms with Gasteiger partial charge >= 0.3 is 5.97 Å². The highest BCUT2D eigenvalue weighted by Gasteiger charge is 2.63. The van der Waals surface area contributed by atoms with E-state index in [9.17, 15) is 22.7 Å². The van der Waals surface area contributed by atoms with Gasteiger partial charge in [-0.2, -0.15) is 0 Å². The van der Waals surface area contributed by atoms with E-state index >= 15 is 0 Å². The molecule has 0 bridgehead atoms. The van der Waals surface area contributed by atoms with E-state index in [1.54, 1.807) is 6.07 Å². The fraction of sp³-hybridized carbons (Fsp3) is 0.188. The van der Waals surface area contributed by atoms with E-state index in [0.717, 1.165) is 0 Å². The summed E-state index contributed by atoms with van der Waals surface area (Å²) in [5.74, 6) is -3.58. The minimum absolute atomic E-state index is 0.0112. The van der Waals surface area contributed by atoms with Gasteiger partial charge in [0.05, 0.1) is 16.1 Å². The lowest BCUT2D eigenvalue weighted by Crippen LogP contribution is -2.13. The third kappa shape index (κ3) is 2.84. The molecule has 0 spiro atoms. The number of aliphatic carboxylic acids is 1. The average molecular weight is 355 g/mol. The van der Waals surface area contributed by atoms with E-state index in [2.05, 4.69) is 0 Å². The molecule has 0 radical (unpaired) electrons. The first-order valence-electron chi connectivity index (χ1n) is 6.80. The number of carbonyl (C=O) groups is 1. The Morgan fingerprint density at radius 3 is 2.35 bits per heavy atom. The zero-order valence-corrected chi connectivity index (χ0v) is 13.3. The molecular weight excluding hydrogens is 343 g/mol. The lowest BCUT2D eigenvalue weighted by atomic mass is 10.1. The van der Waals surface area contributed by atoms with Crippen LogP contribution in [0.4, 0.5) is 4.39 Å². The van der Waals surface area contributed by atoms with Crippen LogP contribution in [0.3, 0.4) is 0 Å². The number of benzene rings is 2. The Bertz CT molecular complexity index is 864. The molecule has 0 unspecified atom stereocenters. The largest absolute Gasteiger partial charge is 0.481 e. The van der Waals surface area contributed by atoms with Crippen LogP contribution in [0.5, 0.6) is 0 Å². The fourth-order valence-electron chi connectivity index (χ4n) is 2.86. The Kier molecular flexibility index (Phi) is 3.90. The topological polar surface area (TPSA) is 71.4 Å². The van der Waals surface area contributed by atoms with Gasteiger partial charge in [-0.3, -0.25) is 4.79 Å². The molecule has 7 heteroatoms. The van der Waals surface area contributed by atoms with Crippen LogP contribution >= 0.6 is 11.6 Å². The summed E-state index contributed by atoms with van der Waals surface area (Å²) in [6.07, 6.45) is 0. The molecule has 0 saturated heterocycles. The SMILES string of the molecule is O=C(O)[C@H]1[C@@H](c2cccc(F)c2)[C@@H]1S(=O)(=O)c1ccc(Cl)cc1. The number of carboxylic acids is 1. The summed E-state index contributed by atoms with van der Waals surface area (Å²) in [5, 5.41) is 8.58. The van der Waals surface area contributed by atoms with Crippen LogP contribution in [0, 0.1) is 11.7 Å². The predicted molar refractivity (Wildman–Crippen MR) is 82.7 cm³/mol. The van der Waals surface area contributed by atoms with Crippen LogP contribution in [-0.4, -0.2) is 24.7 Å². The molecule has 4 nitrogen and oxygen atoms in total. The summed E-state index contributed by atoms with van der Waals surface area (Å²) in [6, 6.07) is 10.9. The van der Waals surface area contributed by atoms with Gasteiger partial charge in [0, 0.05) is 10.9 Å². The Morgan fingerprint density at radius 1 is 1.13 bits per heavy atom. The molecule has 23 heavy (non-hydrogen) atoms. The molecule has 2 aromatic carbocycles. The van der Waals surface area contributed by atoms with Crippen molar-refractivity contribution in [2.24, 2.45) is 5.92 Å². The van der Waals surface area contributed by atoms with Gasteiger partial charge in [0.25, 0.3) is 0 Å². The van der Waals surface area contributed by atoms with Gasteiger partial charge in [0.1, 0.15) is 5.82 Å². The molecule has 120 valence electrons. The van der Waals surface area contributed by atoms with Crippen molar-refractivity contribution in [2.45, 2.75) is 16.1 Å². The monoisotopic (exact) mass is 354 g/mol. The third-order valence-electron chi connectivity index (χ3n) is 3.97. The normalized spacial score (nSPS) is 23.5. The molecule has 0 amide bonds. The second-order valence-corrected chi connectivity index (χ2v) is 7.95. The molecule has 0 aromatic heterocycles. The van der Waals surface area contributed by atoms with E-state index in [1.165, 1.54) is 42.5 Å². The highest BCUT2D eigenvalue weighted by molar-refractivity contribution is 7.92. The van der Waals surface area contributed by atoms with Gasteiger partial charge in [0.2, 0.25) is 0 Å². The van der Waals surface area contributed by atoms with Gasteiger partial charge < -0.3 is 5.11 Å². The summed E-state index contributed by atoms with van der Waals surface area (Å²) < 4.78 is 38.7. The minimum Gasteiger partial charge on any atom is -0.481 e. The van der Waals surface area contributed by atoms with Crippen molar-refractivity contribution in [3.8, 4) is 0 Å². The quantitative estimate of drug-likeness (QED) is 0.915. The Morgan fingerprint density at radius 2 is 1.78 bits per heavy atom. The second kappa shape index (κ2) is 5.62. The lowest BCUT2D eigenvalue weighted by Gasteiger charge is -2.04. The van der Waals surface area contributed by atoms with Crippen molar-refractivity contribution in [1.29, 1.82) is 0 Å². The molecule has 3 atom stereocenters. The second-order valence-electron chi connectivity index (χ2n) is 5.41. The number of hydrogen-bond acceptors (Lipinski definition) is 3. The predicted octanol–water partition coefficient (Wildman–Crippen LogP) is 3.12. The standard InChI is InChI=1S/C16H12ClFO4S/c17-10-4-6-12(7-5-10)23(21,22)15-13(14(15)16(19)20)9-2-1-3-11(18)8-9/h1-8,13-15H,(H,19,20)/t13-,14+,15+/m1/s1. The van der Waals surface area contributed by atoms with Crippen molar-refractivity contribution >= 4 is 27.4 Å². The van der Waals surface area contributed by atoms with Crippen molar-refractivity contribution in [2.75, 3.05) is 0 Å². The summed E-state index contributed by atoms with van der Waals surface area (Å²) in [7, 11) is -3.85. The van der Waals surface area contributed by atoms with Crippen molar-refractivity contribution in [1.82, 2.24) is 0 Å². The molecule has 0 aliphatic heterocycles. The van der Waals surface area contributed by atoms with Crippen LogP contribution in [-0.2, 0) is 14.6 Å². The Labute approximate surface area is 137 Å². The molecule has 3 rings (SSSR count). The molecule has 1 aliphatic carbocycles. The summed E-state index contributed by atoms with van der Waals surface area (Å²) >= 11 is 5.75. The van der Waals surface area contributed by atoms with Gasteiger partial charge in [-0.25, -0.2) is 12.8 Å². The first-order valence-corrected chi connectivity index (χ1v) is 8.72. The highest BCUT2D eigenvalue weighted by Crippen LogP contribution is 2.54. The maximum atomic E-state index is 13.4. The maximum Gasteiger partial charge on any atom is 0.308 e. The van der Waals surface area contributed by atoms with E-state index in [4.69, 9.17) is 11.6 Å². The molecule has 2 aromatic rings. The fourth-order valence-corrected chi connectivity index (χ4v) is 5.10. The zero-order valence-electron chi connectivity index (χ0n) is 11.7. The Hall–Kier alpha value is -1.92. The van der Waals surface area contributed by atoms with E-state index in [-0.39, 0.29) is 4.90 Å². The van der Waals surface area contributed by atoms with Crippen molar-refractivity contribution in [3.63, 3.8) is 0 Å². The molecule has 1 aliphatic rings. The van der Waals surface area contributed by atoms with Gasteiger partial charge in [-0.15, -0.1) is 0 Å². The first-order chi connectivity index (χ1) is 10.8. The minimum atomic E-state index is -3.85. The number of rotatable bonds is 4. The van der Waals surface area contributed by atoms with Crippen LogP contribution < -0.4 is 0 Å². The van der Waals surface area contributed by atoms with E-state index in [1.807, 2.05) is 0 Å². The zero-order chi connectivity index (χ0) is 16.8. The number of carboxylic acid groups (broad SMARTS) is 1. The van der Waals surface area contributed by atoms with Gasteiger partial charge in [0.15, 0.2) is 9.84 Å².